The van der Waals surface area contributed by atoms with Crippen LogP contribution in [0.2, 0.25) is 5.02 Å². The summed E-state index contributed by atoms with van der Waals surface area (Å²) in [5.74, 6) is -3.07. The molecule has 11 heteroatoms. The zero-order valence-corrected chi connectivity index (χ0v) is 20.2. The number of amides is 1. The first-order chi connectivity index (χ1) is 16.3. The van der Waals surface area contributed by atoms with Gasteiger partial charge in [0.25, 0.3) is 12.4 Å². The molecule has 0 bridgehead atoms. The summed E-state index contributed by atoms with van der Waals surface area (Å²) in [5.41, 5.74) is 0.0443. The van der Waals surface area contributed by atoms with E-state index in [1.807, 2.05) is 6.07 Å². The van der Waals surface area contributed by atoms with E-state index in [9.17, 15) is 18.4 Å². The fraction of sp³-hybridized carbons (Fsp3) is 0.348. The average Bonchev–Trinajstić information content (AvgIpc) is 3.22. The second-order valence-electron chi connectivity index (χ2n) is 7.56. The molecule has 0 spiro atoms. The van der Waals surface area contributed by atoms with Crippen molar-refractivity contribution in [2.24, 2.45) is 0 Å². The number of hydrogen-bond donors (Lipinski definition) is 1. The number of piperidine rings is 1. The Morgan fingerprint density at radius 3 is 2.71 bits per heavy atom. The molecule has 2 heterocycles. The van der Waals surface area contributed by atoms with Crippen molar-refractivity contribution < 1.29 is 27.8 Å². The van der Waals surface area contributed by atoms with E-state index in [2.05, 4.69) is 22.2 Å². The van der Waals surface area contributed by atoms with Crippen molar-refractivity contribution in [2.75, 3.05) is 27.2 Å². The van der Waals surface area contributed by atoms with Crippen LogP contribution in [0, 0.1) is 11.6 Å². The molecule has 3 aromatic rings. The maximum absolute atomic E-state index is 14.3. The number of carbonyl (C=O) groups is 2. The summed E-state index contributed by atoms with van der Waals surface area (Å²) < 4.78 is 39.0. The summed E-state index contributed by atoms with van der Waals surface area (Å²) in [6.07, 6.45) is 2.14. The highest BCUT2D eigenvalue weighted by molar-refractivity contribution is 7.18. The number of nitrogens with one attached hydrogen (secondary N) is 1. The number of thiazole rings is 1. The van der Waals surface area contributed by atoms with Crippen LogP contribution in [0.5, 0.6) is 5.75 Å². The van der Waals surface area contributed by atoms with E-state index in [-0.39, 0.29) is 18.5 Å². The molecule has 182 valence electrons. The second-order valence-corrected chi connectivity index (χ2v) is 9.11. The van der Waals surface area contributed by atoms with Gasteiger partial charge in [-0.1, -0.05) is 11.6 Å². The number of rotatable bonds is 6. The summed E-state index contributed by atoms with van der Waals surface area (Å²) in [7, 11) is 3.37. The van der Waals surface area contributed by atoms with E-state index in [1.165, 1.54) is 18.4 Å². The quantitative estimate of drug-likeness (QED) is 0.493. The summed E-state index contributed by atoms with van der Waals surface area (Å²) >= 11 is 7.29. The van der Waals surface area contributed by atoms with Gasteiger partial charge in [-0.2, -0.15) is 0 Å². The normalized spacial score (nSPS) is 14.3. The Morgan fingerprint density at radius 2 is 2.03 bits per heavy atom. The fourth-order valence-corrected chi connectivity index (χ4v) is 4.35. The maximum atomic E-state index is 14.3. The van der Waals surface area contributed by atoms with Crippen molar-refractivity contribution in [2.45, 2.75) is 25.6 Å². The van der Waals surface area contributed by atoms with Gasteiger partial charge in [-0.15, -0.1) is 11.3 Å². The Hall–Kier alpha value is -2.82. The first-order valence-electron chi connectivity index (χ1n) is 10.5. The van der Waals surface area contributed by atoms with Gasteiger partial charge >= 0.3 is 0 Å². The lowest BCUT2D eigenvalue weighted by atomic mass is 10.1. The van der Waals surface area contributed by atoms with E-state index < -0.39 is 23.1 Å². The predicted molar refractivity (Wildman–Crippen MR) is 126 cm³/mol. The van der Waals surface area contributed by atoms with Crippen molar-refractivity contribution in [3.63, 3.8) is 0 Å². The van der Waals surface area contributed by atoms with E-state index in [0.29, 0.717) is 16.5 Å². The lowest BCUT2D eigenvalue weighted by molar-refractivity contribution is -0.135. The molecule has 4 rings (SSSR count). The molecular weight excluding hydrogens is 488 g/mol. The molecular formula is C23H24ClF2N3O4S. The maximum Gasteiger partial charge on any atom is 0.293 e. The number of nitrogens with zero attached hydrogens (tertiary/aromatic N) is 2. The minimum atomic E-state index is -1.04. The van der Waals surface area contributed by atoms with E-state index in [1.54, 1.807) is 12.1 Å². The molecule has 1 aromatic heterocycles. The van der Waals surface area contributed by atoms with Crippen LogP contribution in [0.25, 0.3) is 10.2 Å². The molecule has 0 aliphatic carbocycles. The van der Waals surface area contributed by atoms with Crippen LogP contribution in [0.1, 0.15) is 28.2 Å². The van der Waals surface area contributed by atoms with Crippen LogP contribution in [0.4, 0.5) is 8.78 Å². The van der Waals surface area contributed by atoms with E-state index >= 15 is 0 Å². The SMILES string of the molecule is CN1CCC(OC=O)CC1.CNC(=O)c1c(F)ccc(OCc2nc3cc(Cl)ccc3s2)c1F. The number of fused-ring (bicyclic) bond motifs is 1. The number of hydrogen-bond acceptors (Lipinski definition) is 7. The summed E-state index contributed by atoms with van der Waals surface area (Å²) in [6.45, 7) is 2.62. The molecule has 1 N–H and O–H groups in total. The lowest BCUT2D eigenvalue weighted by Gasteiger charge is -2.27. The number of halogens is 3. The third-order valence-corrected chi connectivity index (χ3v) is 6.41. The van der Waals surface area contributed by atoms with Crippen molar-refractivity contribution in [1.82, 2.24) is 15.2 Å². The minimum absolute atomic E-state index is 0.00724. The zero-order chi connectivity index (χ0) is 24.7. The molecule has 7 nitrogen and oxygen atoms in total. The molecule has 1 aliphatic rings. The molecule has 1 amide bonds. The Morgan fingerprint density at radius 1 is 1.29 bits per heavy atom. The van der Waals surface area contributed by atoms with Gasteiger partial charge < -0.3 is 19.7 Å². The molecule has 1 aliphatic heterocycles. The van der Waals surface area contributed by atoms with Crippen LogP contribution < -0.4 is 10.1 Å². The molecule has 1 saturated heterocycles. The van der Waals surface area contributed by atoms with Crippen LogP contribution in [-0.2, 0) is 16.1 Å². The Balaban J connectivity index is 0.000000271. The third-order valence-electron chi connectivity index (χ3n) is 5.17. The average molecular weight is 512 g/mol. The molecule has 0 radical (unpaired) electrons. The molecule has 0 atom stereocenters. The van der Waals surface area contributed by atoms with E-state index in [4.69, 9.17) is 21.1 Å². The highest BCUT2D eigenvalue weighted by atomic mass is 35.5. The smallest absolute Gasteiger partial charge is 0.293 e. The fourth-order valence-electron chi connectivity index (χ4n) is 3.33. The second kappa shape index (κ2) is 12.0. The molecule has 1 fully saturated rings. The van der Waals surface area contributed by atoms with Crippen molar-refractivity contribution in [3.05, 3.63) is 57.6 Å². The van der Waals surface area contributed by atoms with E-state index in [0.717, 1.165) is 48.3 Å². The van der Waals surface area contributed by atoms with Gasteiger partial charge in [-0.3, -0.25) is 9.59 Å². The highest BCUT2D eigenvalue weighted by Gasteiger charge is 2.21. The zero-order valence-electron chi connectivity index (χ0n) is 18.6. The van der Waals surface area contributed by atoms with Gasteiger partial charge in [0.1, 0.15) is 29.1 Å². The Kier molecular flexibility index (Phi) is 9.14. The standard InChI is InChI=1S/C16H11ClF2N2O2S.C7H13NO2/c1-20-16(22)14-9(18)3-4-11(15(14)19)23-7-13-21-10-6-8(17)2-5-12(10)24-13;1-8-4-2-7(3-5-8)10-6-9/h2-6H,7H2,1H3,(H,20,22);6-7H,2-5H2,1H3. The van der Waals surface area contributed by atoms with Gasteiger partial charge in [-0.25, -0.2) is 13.8 Å². The van der Waals surface area contributed by atoms with Crippen molar-refractivity contribution in [3.8, 4) is 5.75 Å². The van der Waals surface area contributed by atoms with Crippen LogP contribution >= 0.6 is 22.9 Å². The van der Waals surface area contributed by atoms with Crippen molar-refractivity contribution >= 4 is 45.5 Å². The largest absolute Gasteiger partial charge is 0.483 e. The van der Waals surface area contributed by atoms with Gasteiger partial charge in [0.2, 0.25) is 0 Å². The topological polar surface area (TPSA) is 80.8 Å². The molecule has 0 saturated carbocycles. The number of aromatic nitrogens is 1. The monoisotopic (exact) mass is 511 g/mol. The van der Waals surface area contributed by atoms with Crippen molar-refractivity contribution in [1.29, 1.82) is 0 Å². The molecule has 0 unspecified atom stereocenters. The lowest BCUT2D eigenvalue weighted by Crippen LogP contribution is -2.33. The summed E-state index contributed by atoms with van der Waals surface area (Å²) in [5, 5.41) is 3.37. The summed E-state index contributed by atoms with van der Waals surface area (Å²) in [6, 6.07) is 7.43. The number of carbonyl (C=O) groups excluding carboxylic acids is 2. The van der Waals surface area contributed by atoms with Gasteiger partial charge in [-0.05, 0) is 50.2 Å². The molecule has 34 heavy (non-hydrogen) atoms. The van der Waals surface area contributed by atoms with Gasteiger partial charge in [0, 0.05) is 25.2 Å². The van der Waals surface area contributed by atoms with Gasteiger partial charge in [0.15, 0.2) is 11.6 Å². The summed E-state index contributed by atoms with van der Waals surface area (Å²) in [4.78, 5) is 28.1. The highest BCUT2D eigenvalue weighted by Crippen LogP contribution is 2.28. The van der Waals surface area contributed by atoms with Crippen LogP contribution in [0.3, 0.4) is 0 Å². The number of likely N-dealkylation sites (tertiary alicyclic amines) is 1. The Labute approximate surface area is 204 Å². The number of benzene rings is 2. The minimum Gasteiger partial charge on any atom is -0.483 e. The predicted octanol–water partition coefficient (Wildman–Crippen LogP) is 4.42. The first-order valence-corrected chi connectivity index (χ1v) is 11.7. The first kappa shape index (κ1) is 25.8. The third kappa shape index (κ3) is 6.62. The Bertz CT molecular complexity index is 1150. The van der Waals surface area contributed by atoms with Gasteiger partial charge in [0.05, 0.1) is 10.2 Å². The van der Waals surface area contributed by atoms with Crippen LogP contribution in [0.15, 0.2) is 30.3 Å². The van der Waals surface area contributed by atoms with Crippen LogP contribution in [-0.4, -0.2) is 55.6 Å². The molecule has 2 aromatic carbocycles. The number of ether oxygens (including phenoxy) is 2.